The number of aryl methyl sites for hydroxylation is 2. The molecule has 7 heteroatoms. The van der Waals surface area contributed by atoms with E-state index in [0.29, 0.717) is 11.4 Å². The number of carbonyl (C=O) groups is 1. The third-order valence-corrected chi connectivity index (χ3v) is 3.52. The second kappa shape index (κ2) is 7.45. The van der Waals surface area contributed by atoms with Gasteiger partial charge in [0.05, 0.1) is 23.8 Å². The first kappa shape index (κ1) is 17.3. The average molecular weight is 330 g/mol. The largest absolute Gasteiger partial charge is 0.494 e. The maximum atomic E-state index is 12.0. The highest BCUT2D eigenvalue weighted by molar-refractivity contribution is 5.93. The zero-order valence-corrected chi connectivity index (χ0v) is 13.7. The van der Waals surface area contributed by atoms with Crippen LogP contribution >= 0.6 is 0 Å². The molecule has 0 aromatic heterocycles. The Kier molecular flexibility index (Phi) is 5.36. The van der Waals surface area contributed by atoms with Gasteiger partial charge in [0.25, 0.3) is 11.6 Å². The summed E-state index contributed by atoms with van der Waals surface area (Å²) in [6.45, 7) is 3.78. The molecule has 0 fully saturated rings. The highest BCUT2D eigenvalue weighted by Crippen LogP contribution is 2.29. The molecule has 2 rings (SSSR count). The maximum Gasteiger partial charge on any atom is 0.273 e. The molecule has 1 amide bonds. The Balaban J connectivity index is 2.01. The lowest BCUT2D eigenvalue weighted by atomic mass is 10.1. The van der Waals surface area contributed by atoms with E-state index < -0.39 is 4.92 Å². The van der Waals surface area contributed by atoms with Crippen molar-refractivity contribution in [3.05, 3.63) is 57.6 Å². The minimum Gasteiger partial charge on any atom is -0.494 e. The van der Waals surface area contributed by atoms with E-state index in [2.05, 4.69) is 5.32 Å². The van der Waals surface area contributed by atoms with Gasteiger partial charge >= 0.3 is 0 Å². The fourth-order valence-corrected chi connectivity index (χ4v) is 2.04. The molecule has 2 aromatic carbocycles. The summed E-state index contributed by atoms with van der Waals surface area (Å²) in [5, 5.41) is 13.4. The summed E-state index contributed by atoms with van der Waals surface area (Å²) in [7, 11) is 1.38. The van der Waals surface area contributed by atoms with E-state index in [1.54, 1.807) is 6.07 Å². The minimum atomic E-state index is -0.531. The van der Waals surface area contributed by atoms with Crippen molar-refractivity contribution in [3.8, 4) is 11.5 Å². The predicted octanol–water partition coefficient (Wildman–Crippen LogP) is 3.24. The van der Waals surface area contributed by atoms with E-state index >= 15 is 0 Å². The fraction of sp³-hybridized carbons (Fsp3) is 0.235. The molecule has 7 nitrogen and oxygen atoms in total. The van der Waals surface area contributed by atoms with Crippen LogP contribution in [0.2, 0.25) is 0 Å². The standard InChI is InChI=1S/C17H18N2O5/c1-11-4-6-14(8-12(11)2)24-10-17(20)18-15-7-5-13(19(21)22)9-16(15)23-3/h4-9H,10H2,1-3H3,(H,18,20). The highest BCUT2D eigenvalue weighted by atomic mass is 16.6. The van der Waals surface area contributed by atoms with Crippen LogP contribution in [-0.2, 0) is 4.79 Å². The van der Waals surface area contributed by atoms with Crippen LogP contribution in [0, 0.1) is 24.0 Å². The summed E-state index contributed by atoms with van der Waals surface area (Å²) in [5.41, 5.74) is 2.44. The Morgan fingerprint density at radius 3 is 2.54 bits per heavy atom. The number of nitrogens with one attached hydrogen (secondary N) is 1. The van der Waals surface area contributed by atoms with Gasteiger partial charge in [-0.25, -0.2) is 0 Å². The molecule has 0 saturated carbocycles. The lowest BCUT2D eigenvalue weighted by Gasteiger charge is -2.11. The quantitative estimate of drug-likeness (QED) is 0.648. The second-order valence-corrected chi connectivity index (χ2v) is 5.22. The van der Waals surface area contributed by atoms with Gasteiger partial charge in [-0.1, -0.05) is 6.07 Å². The van der Waals surface area contributed by atoms with Crippen molar-refractivity contribution < 1.29 is 19.2 Å². The van der Waals surface area contributed by atoms with E-state index in [-0.39, 0.29) is 24.0 Å². The molecule has 0 heterocycles. The monoisotopic (exact) mass is 330 g/mol. The van der Waals surface area contributed by atoms with Gasteiger partial charge in [-0.15, -0.1) is 0 Å². The lowest BCUT2D eigenvalue weighted by Crippen LogP contribution is -2.20. The SMILES string of the molecule is COc1cc([N+](=O)[O-])ccc1NC(=O)COc1ccc(C)c(C)c1. The molecule has 0 spiro atoms. The van der Waals surface area contributed by atoms with Gasteiger partial charge < -0.3 is 14.8 Å². The molecule has 0 unspecified atom stereocenters. The zero-order chi connectivity index (χ0) is 17.7. The Bertz CT molecular complexity index is 774. The smallest absolute Gasteiger partial charge is 0.273 e. The number of amides is 1. The first-order valence-corrected chi connectivity index (χ1v) is 7.23. The number of benzene rings is 2. The molecule has 0 aliphatic rings. The van der Waals surface area contributed by atoms with E-state index in [0.717, 1.165) is 11.1 Å². The zero-order valence-electron chi connectivity index (χ0n) is 13.7. The van der Waals surface area contributed by atoms with E-state index in [1.165, 1.54) is 25.3 Å². The van der Waals surface area contributed by atoms with E-state index in [4.69, 9.17) is 9.47 Å². The van der Waals surface area contributed by atoms with Crippen molar-refractivity contribution in [1.29, 1.82) is 0 Å². The Labute approximate surface area is 139 Å². The van der Waals surface area contributed by atoms with Crippen LogP contribution in [0.25, 0.3) is 0 Å². The second-order valence-electron chi connectivity index (χ2n) is 5.22. The average Bonchev–Trinajstić information content (AvgIpc) is 2.56. The molecule has 0 radical (unpaired) electrons. The summed E-state index contributed by atoms with van der Waals surface area (Å²) in [5.74, 6) is 0.424. The summed E-state index contributed by atoms with van der Waals surface area (Å²) < 4.78 is 10.5. The minimum absolute atomic E-state index is 0.115. The molecule has 0 aliphatic heterocycles. The van der Waals surface area contributed by atoms with Crippen molar-refractivity contribution in [2.24, 2.45) is 0 Å². The number of non-ortho nitro benzene ring substituents is 1. The molecular formula is C17H18N2O5. The van der Waals surface area contributed by atoms with Crippen LogP contribution in [0.1, 0.15) is 11.1 Å². The topological polar surface area (TPSA) is 90.7 Å². The van der Waals surface area contributed by atoms with Crippen LogP contribution < -0.4 is 14.8 Å². The molecule has 0 saturated heterocycles. The highest BCUT2D eigenvalue weighted by Gasteiger charge is 2.13. The van der Waals surface area contributed by atoms with Crippen LogP contribution in [-0.4, -0.2) is 24.5 Å². The maximum absolute atomic E-state index is 12.0. The van der Waals surface area contributed by atoms with Gasteiger partial charge in [-0.2, -0.15) is 0 Å². The number of anilines is 1. The summed E-state index contributed by atoms with van der Waals surface area (Å²) in [4.78, 5) is 22.2. The lowest BCUT2D eigenvalue weighted by molar-refractivity contribution is -0.384. The van der Waals surface area contributed by atoms with Crippen LogP contribution in [0.4, 0.5) is 11.4 Å². The molecule has 1 N–H and O–H groups in total. The van der Waals surface area contributed by atoms with E-state index in [1.807, 2.05) is 26.0 Å². The van der Waals surface area contributed by atoms with Gasteiger partial charge in [0.1, 0.15) is 11.5 Å². The third-order valence-electron chi connectivity index (χ3n) is 3.52. The number of methoxy groups -OCH3 is 1. The Hall–Kier alpha value is -3.09. The van der Waals surface area contributed by atoms with Crippen molar-refractivity contribution in [3.63, 3.8) is 0 Å². The van der Waals surface area contributed by atoms with Crippen molar-refractivity contribution >= 4 is 17.3 Å². The number of nitro benzene ring substituents is 1. The Morgan fingerprint density at radius 2 is 1.92 bits per heavy atom. The Morgan fingerprint density at radius 1 is 1.17 bits per heavy atom. The van der Waals surface area contributed by atoms with Gasteiger partial charge in [0.2, 0.25) is 0 Å². The van der Waals surface area contributed by atoms with Crippen LogP contribution in [0.15, 0.2) is 36.4 Å². The molecule has 24 heavy (non-hydrogen) atoms. The van der Waals surface area contributed by atoms with Gasteiger partial charge in [-0.3, -0.25) is 14.9 Å². The van der Waals surface area contributed by atoms with E-state index in [9.17, 15) is 14.9 Å². The molecule has 2 aromatic rings. The van der Waals surface area contributed by atoms with Crippen LogP contribution in [0.5, 0.6) is 11.5 Å². The fourth-order valence-electron chi connectivity index (χ4n) is 2.04. The number of ether oxygens (including phenoxy) is 2. The number of nitro groups is 1. The molecule has 0 atom stereocenters. The van der Waals surface area contributed by atoms with Crippen molar-refractivity contribution in [1.82, 2.24) is 0 Å². The van der Waals surface area contributed by atoms with Gasteiger partial charge in [0, 0.05) is 6.07 Å². The first-order chi connectivity index (χ1) is 11.4. The normalized spacial score (nSPS) is 10.1. The predicted molar refractivity (Wildman–Crippen MR) is 89.7 cm³/mol. The van der Waals surface area contributed by atoms with Gasteiger partial charge in [-0.05, 0) is 43.2 Å². The summed E-state index contributed by atoms with van der Waals surface area (Å²) >= 11 is 0. The first-order valence-electron chi connectivity index (χ1n) is 7.23. The molecule has 126 valence electrons. The van der Waals surface area contributed by atoms with Gasteiger partial charge in [0.15, 0.2) is 6.61 Å². The van der Waals surface area contributed by atoms with Crippen molar-refractivity contribution in [2.45, 2.75) is 13.8 Å². The number of rotatable bonds is 6. The molecule has 0 bridgehead atoms. The summed E-state index contributed by atoms with van der Waals surface area (Å²) in [6, 6.07) is 9.53. The summed E-state index contributed by atoms with van der Waals surface area (Å²) in [6.07, 6.45) is 0. The number of hydrogen-bond acceptors (Lipinski definition) is 5. The third kappa shape index (κ3) is 4.22. The van der Waals surface area contributed by atoms with Crippen LogP contribution in [0.3, 0.4) is 0 Å². The van der Waals surface area contributed by atoms with Crippen molar-refractivity contribution in [2.75, 3.05) is 19.0 Å². The number of hydrogen-bond donors (Lipinski definition) is 1. The number of carbonyl (C=O) groups excluding carboxylic acids is 1. The molecular weight excluding hydrogens is 312 g/mol. The molecule has 0 aliphatic carbocycles. The number of nitrogens with zero attached hydrogens (tertiary/aromatic N) is 1.